The number of sulfonamides is 1. The Morgan fingerprint density at radius 1 is 0.838 bits per heavy atom. The highest BCUT2D eigenvalue weighted by molar-refractivity contribution is 7.92. The third kappa shape index (κ3) is 5.31. The lowest BCUT2D eigenvalue weighted by molar-refractivity contribution is 0.102. The molecular weight excluding hydrogens is 486 g/mol. The van der Waals surface area contributed by atoms with Crippen molar-refractivity contribution in [2.45, 2.75) is 18.7 Å². The summed E-state index contributed by atoms with van der Waals surface area (Å²) in [5.74, 6) is -0.333. The Hall–Kier alpha value is -4.63. The molecule has 8 nitrogen and oxygen atoms in total. The van der Waals surface area contributed by atoms with Gasteiger partial charge in [-0.25, -0.2) is 28.1 Å². The smallest absolute Gasteiger partial charge is 0.264 e. The normalized spacial score (nSPS) is 11.3. The fourth-order valence-corrected chi connectivity index (χ4v) is 4.86. The van der Waals surface area contributed by atoms with Crippen molar-refractivity contribution in [1.82, 2.24) is 15.0 Å². The van der Waals surface area contributed by atoms with E-state index in [0.717, 1.165) is 16.5 Å². The molecule has 0 spiro atoms. The summed E-state index contributed by atoms with van der Waals surface area (Å²) in [5.41, 5.74) is 4.97. The Bertz CT molecular complexity index is 1740. The maximum absolute atomic E-state index is 13.3. The molecule has 2 heterocycles. The first kappa shape index (κ1) is 24.1. The van der Waals surface area contributed by atoms with Crippen molar-refractivity contribution < 1.29 is 13.2 Å². The summed E-state index contributed by atoms with van der Waals surface area (Å²) in [6, 6.07) is 24.8. The highest BCUT2D eigenvalue weighted by Crippen LogP contribution is 2.26. The minimum absolute atomic E-state index is 0.00800. The molecule has 0 atom stereocenters. The number of rotatable bonds is 6. The van der Waals surface area contributed by atoms with E-state index in [0.29, 0.717) is 28.2 Å². The zero-order valence-corrected chi connectivity index (χ0v) is 21.0. The van der Waals surface area contributed by atoms with Gasteiger partial charge in [0.25, 0.3) is 15.9 Å². The summed E-state index contributed by atoms with van der Waals surface area (Å²) >= 11 is 0. The Labute approximate surface area is 214 Å². The first-order valence-electron chi connectivity index (χ1n) is 11.5. The number of aromatic nitrogens is 3. The lowest BCUT2D eigenvalue weighted by atomic mass is 10.0. The fourth-order valence-electron chi connectivity index (χ4n) is 3.91. The summed E-state index contributed by atoms with van der Waals surface area (Å²) in [6.07, 6.45) is 1.48. The van der Waals surface area contributed by atoms with Crippen molar-refractivity contribution in [1.29, 1.82) is 0 Å². The second kappa shape index (κ2) is 9.79. The van der Waals surface area contributed by atoms with Crippen molar-refractivity contribution in [2.24, 2.45) is 0 Å². The Morgan fingerprint density at radius 3 is 2.38 bits per heavy atom. The van der Waals surface area contributed by atoms with Gasteiger partial charge in [0.15, 0.2) is 0 Å². The number of nitrogens with one attached hydrogen (secondary N) is 2. The van der Waals surface area contributed by atoms with E-state index in [1.165, 1.54) is 30.5 Å². The third-order valence-electron chi connectivity index (χ3n) is 5.72. The van der Waals surface area contributed by atoms with Gasteiger partial charge in [-0.1, -0.05) is 42.0 Å². The van der Waals surface area contributed by atoms with Gasteiger partial charge < -0.3 is 5.32 Å². The Morgan fingerprint density at radius 2 is 1.62 bits per heavy atom. The molecule has 0 radical (unpaired) electrons. The van der Waals surface area contributed by atoms with Gasteiger partial charge in [0.1, 0.15) is 0 Å². The molecule has 37 heavy (non-hydrogen) atoms. The molecule has 5 aromatic rings. The van der Waals surface area contributed by atoms with Crippen molar-refractivity contribution in [3.05, 3.63) is 108 Å². The third-order valence-corrected chi connectivity index (χ3v) is 7.06. The number of para-hydroxylation sites is 1. The monoisotopic (exact) mass is 509 g/mol. The van der Waals surface area contributed by atoms with Crippen LogP contribution in [-0.2, 0) is 10.0 Å². The molecule has 9 heteroatoms. The average Bonchev–Trinajstić information content (AvgIpc) is 2.88. The Balaban J connectivity index is 1.41. The molecule has 0 bridgehead atoms. The van der Waals surface area contributed by atoms with Crippen LogP contribution in [0.1, 0.15) is 21.6 Å². The molecule has 0 aliphatic heterocycles. The summed E-state index contributed by atoms with van der Waals surface area (Å²) in [5, 5.41) is 3.59. The van der Waals surface area contributed by atoms with Crippen LogP contribution in [0.15, 0.2) is 96.0 Å². The second-order valence-electron chi connectivity index (χ2n) is 8.55. The van der Waals surface area contributed by atoms with Crippen LogP contribution in [0.5, 0.6) is 0 Å². The highest BCUT2D eigenvalue weighted by Gasteiger charge is 2.17. The van der Waals surface area contributed by atoms with Gasteiger partial charge in [0.2, 0.25) is 5.95 Å². The highest BCUT2D eigenvalue weighted by atomic mass is 32.2. The molecule has 2 N–H and O–H groups in total. The predicted molar refractivity (Wildman–Crippen MR) is 144 cm³/mol. The molecule has 0 saturated carbocycles. The van der Waals surface area contributed by atoms with Gasteiger partial charge in [-0.2, -0.15) is 0 Å². The van der Waals surface area contributed by atoms with E-state index in [1.54, 1.807) is 19.1 Å². The quantitative estimate of drug-likeness (QED) is 0.318. The summed E-state index contributed by atoms with van der Waals surface area (Å²) in [6.45, 7) is 3.75. The van der Waals surface area contributed by atoms with E-state index in [1.807, 2.05) is 55.5 Å². The SMILES string of the molecule is Cc1cccc(-c2cc(C(=O)Nc3ccc(S(=O)(=O)Nc4nccc(C)n4)cc3)c3ccccc3n2)c1. The number of hydrogen-bond donors (Lipinski definition) is 2. The topological polar surface area (TPSA) is 114 Å². The zero-order valence-electron chi connectivity index (χ0n) is 20.1. The van der Waals surface area contributed by atoms with E-state index >= 15 is 0 Å². The standard InChI is InChI=1S/C28H23N5O3S/c1-18-6-5-7-20(16-18)26-17-24(23-8-3-4-9-25(23)32-26)27(34)31-21-10-12-22(13-11-21)37(35,36)33-28-29-15-14-19(2)30-28/h3-17H,1-2H3,(H,31,34)(H,29,30,33). The van der Waals surface area contributed by atoms with Crippen LogP contribution in [0.2, 0.25) is 0 Å². The Kier molecular flexibility index (Phi) is 6.37. The van der Waals surface area contributed by atoms with E-state index in [4.69, 9.17) is 4.98 Å². The molecule has 0 fully saturated rings. The number of benzene rings is 3. The van der Waals surface area contributed by atoms with Crippen LogP contribution >= 0.6 is 0 Å². The number of carbonyl (C=O) groups is 1. The van der Waals surface area contributed by atoms with E-state index in [9.17, 15) is 13.2 Å². The molecular formula is C28H23N5O3S. The minimum atomic E-state index is -3.89. The van der Waals surface area contributed by atoms with Crippen LogP contribution in [0, 0.1) is 13.8 Å². The number of fused-ring (bicyclic) bond motifs is 1. The molecule has 2 aromatic heterocycles. The van der Waals surface area contributed by atoms with Crippen molar-refractivity contribution in [3.63, 3.8) is 0 Å². The van der Waals surface area contributed by atoms with Gasteiger partial charge in [-0.15, -0.1) is 0 Å². The van der Waals surface area contributed by atoms with Gasteiger partial charge in [0, 0.05) is 28.5 Å². The van der Waals surface area contributed by atoms with E-state index < -0.39 is 10.0 Å². The van der Waals surface area contributed by atoms with Gasteiger partial charge in [-0.3, -0.25) is 4.79 Å². The van der Waals surface area contributed by atoms with Crippen LogP contribution < -0.4 is 10.0 Å². The molecule has 184 valence electrons. The molecule has 0 saturated heterocycles. The minimum Gasteiger partial charge on any atom is -0.322 e. The summed E-state index contributed by atoms with van der Waals surface area (Å²) < 4.78 is 27.8. The summed E-state index contributed by atoms with van der Waals surface area (Å²) in [4.78, 5) is 26.1. The second-order valence-corrected chi connectivity index (χ2v) is 10.2. The maximum atomic E-state index is 13.3. The van der Waals surface area contributed by atoms with Gasteiger partial charge in [-0.05, 0) is 62.4 Å². The molecule has 3 aromatic carbocycles. The zero-order chi connectivity index (χ0) is 26.0. The molecule has 0 aliphatic rings. The van der Waals surface area contributed by atoms with E-state index in [-0.39, 0.29) is 16.8 Å². The number of pyridine rings is 1. The van der Waals surface area contributed by atoms with Crippen molar-refractivity contribution in [3.8, 4) is 11.3 Å². The predicted octanol–water partition coefficient (Wildman–Crippen LogP) is 5.36. The largest absolute Gasteiger partial charge is 0.322 e. The van der Waals surface area contributed by atoms with Crippen molar-refractivity contribution >= 4 is 38.5 Å². The number of carbonyl (C=O) groups excluding carboxylic acids is 1. The maximum Gasteiger partial charge on any atom is 0.264 e. The van der Waals surface area contributed by atoms with Gasteiger partial charge >= 0.3 is 0 Å². The van der Waals surface area contributed by atoms with Crippen LogP contribution in [-0.4, -0.2) is 29.3 Å². The molecule has 1 amide bonds. The van der Waals surface area contributed by atoms with Crippen LogP contribution in [0.3, 0.4) is 0 Å². The number of hydrogen-bond acceptors (Lipinski definition) is 6. The first-order valence-corrected chi connectivity index (χ1v) is 13.0. The van der Waals surface area contributed by atoms with Crippen LogP contribution in [0.25, 0.3) is 22.2 Å². The first-order chi connectivity index (χ1) is 17.8. The molecule has 0 aliphatic carbocycles. The van der Waals surface area contributed by atoms with Gasteiger partial charge in [0.05, 0.1) is 21.7 Å². The average molecular weight is 510 g/mol. The number of amides is 1. The lowest BCUT2D eigenvalue weighted by Crippen LogP contribution is -2.16. The lowest BCUT2D eigenvalue weighted by Gasteiger charge is -2.12. The summed E-state index contributed by atoms with van der Waals surface area (Å²) in [7, 11) is -3.89. The molecule has 0 unspecified atom stereocenters. The number of aryl methyl sites for hydroxylation is 2. The van der Waals surface area contributed by atoms with Crippen LogP contribution in [0.4, 0.5) is 11.6 Å². The van der Waals surface area contributed by atoms with E-state index in [2.05, 4.69) is 20.0 Å². The fraction of sp³-hybridized carbons (Fsp3) is 0.0714. The molecule has 5 rings (SSSR count). The van der Waals surface area contributed by atoms with Crippen molar-refractivity contribution in [2.75, 3.05) is 10.0 Å². The number of nitrogens with zero attached hydrogens (tertiary/aromatic N) is 3. The number of anilines is 2.